The number of halogens is 4. The summed E-state index contributed by atoms with van der Waals surface area (Å²) >= 11 is 12.0. The van der Waals surface area contributed by atoms with Gasteiger partial charge < -0.3 is 5.21 Å². The van der Waals surface area contributed by atoms with Crippen LogP contribution in [-0.4, -0.2) is 39.8 Å². The lowest BCUT2D eigenvalue weighted by atomic mass is 10.00. The van der Waals surface area contributed by atoms with Crippen LogP contribution in [-0.2, 0) is 13.5 Å². The molecule has 0 saturated carbocycles. The van der Waals surface area contributed by atoms with Crippen LogP contribution in [0.2, 0.25) is 10.2 Å². The van der Waals surface area contributed by atoms with E-state index >= 15 is 4.39 Å². The Morgan fingerprint density at radius 1 is 0.951 bits per heavy atom. The van der Waals surface area contributed by atoms with Crippen molar-refractivity contribution >= 4 is 23.2 Å². The number of hydrogen-bond donors (Lipinski definition) is 0. The normalized spacial score (nSPS) is 12.1. The van der Waals surface area contributed by atoms with Crippen molar-refractivity contribution in [3.8, 4) is 28.1 Å². The van der Waals surface area contributed by atoms with Crippen LogP contribution in [0.3, 0.4) is 0 Å². The van der Waals surface area contributed by atoms with Crippen LogP contribution in [0.15, 0.2) is 79.5 Å². The van der Waals surface area contributed by atoms with Crippen LogP contribution < -0.4 is 4.73 Å². The van der Waals surface area contributed by atoms with Crippen molar-refractivity contribution in [3.05, 3.63) is 118 Å². The zero-order valence-electron chi connectivity index (χ0n) is 21.2. The molecule has 4 aromatic heterocycles. The lowest BCUT2D eigenvalue weighted by Crippen LogP contribution is -2.36. The van der Waals surface area contributed by atoms with Crippen molar-refractivity contribution in [2.45, 2.75) is 12.5 Å². The third-order valence-electron chi connectivity index (χ3n) is 6.63. The summed E-state index contributed by atoms with van der Waals surface area (Å²) in [4.78, 5) is 0. The number of aryl methyl sites for hydroxylation is 1. The molecule has 0 amide bonds. The van der Waals surface area contributed by atoms with Gasteiger partial charge in [0.05, 0.1) is 46.1 Å². The summed E-state index contributed by atoms with van der Waals surface area (Å²) in [6.45, 7) is 0. The maximum atomic E-state index is 15.4. The summed E-state index contributed by atoms with van der Waals surface area (Å²) in [5.74, 6) is -1.10. The average Bonchev–Trinajstić information content (AvgIpc) is 3.71. The molecular formula is C27H19Cl2F2N9O. The van der Waals surface area contributed by atoms with Gasteiger partial charge in [-0.2, -0.15) is 9.83 Å². The molecule has 0 N–H and O–H groups in total. The Bertz CT molecular complexity index is 1870. The lowest BCUT2D eigenvalue weighted by Gasteiger charge is -2.18. The Morgan fingerprint density at radius 3 is 2.44 bits per heavy atom. The molecule has 0 aliphatic carbocycles. The molecule has 41 heavy (non-hydrogen) atoms. The summed E-state index contributed by atoms with van der Waals surface area (Å²) in [6, 6.07) is 11.6. The summed E-state index contributed by atoms with van der Waals surface area (Å²) in [5.41, 5.74) is 3.19. The molecule has 0 aliphatic heterocycles. The smallest absolute Gasteiger partial charge is 0.217 e. The van der Waals surface area contributed by atoms with E-state index in [1.807, 2.05) is 0 Å². The largest absolute Gasteiger partial charge is 0.618 e. The molecule has 0 saturated heterocycles. The van der Waals surface area contributed by atoms with Gasteiger partial charge in [0.25, 0.3) is 0 Å². The summed E-state index contributed by atoms with van der Waals surface area (Å²) in [7, 11) is 1.76. The molecule has 0 fully saturated rings. The third-order valence-corrected chi connectivity index (χ3v) is 7.10. The zero-order chi connectivity index (χ0) is 28.7. The van der Waals surface area contributed by atoms with E-state index in [1.54, 1.807) is 65.3 Å². The minimum absolute atomic E-state index is 0.0513. The molecule has 0 radical (unpaired) electrons. The summed E-state index contributed by atoms with van der Waals surface area (Å²) in [6.07, 6.45) is 8.04. The highest BCUT2D eigenvalue weighted by atomic mass is 35.5. The summed E-state index contributed by atoms with van der Waals surface area (Å²) in [5, 5.41) is 33.6. The SMILES string of the molecule is Cn1nncc1-c1cnn(C(Cc2ccc(F)cc2)c2ccc(-c3c(-n4cc(Cl)nn4)ccc(Cl)c3F)c[n+]2[O-])c1. The van der Waals surface area contributed by atoms with E-state index in [0.717, 1.165) is 16.8 Å². The van der Waals surface area contributed by atoms with Gasteiger partial charge in [0.15, 0.2) is 17.2 Å². The monoisotopic (exact) mass is 593 g/mol. The van der Waals surface area contributed by atoms with Crippen LogP contribution in [0.25, 0.3) is 28.1 Å². The van der Waals surface area contributed by atoms with Gasteiger partial charge in [-0.1, -0.05) is 45.8 Å². The van der Waals surface area contributed by atoms with Gasteiger partial charge in [0.1, 0.15) is 11.9 Å². The molecule has 0 aliphatic rings. The topological polar surface area (TPSA) is 106 Å². The van der Waals surface area contributed by atoms with Crippen LogP contribution in [0.5, 0.6) is 0 Å². The zero-order valence-corrected chi connectivity index (χ0v) is 22.7. The molecule has 1 unspecified atom stereocenters. The van der Waals surface area contributed by atoms with E-state index in [-0.39, 0.29) is 27.1 Å². The highest BCUT2D eigenvalue weighted by Gasteiger charge is 2.26. The van der Waals surface area contributed by atoms with Crippen LogP contribution in [0.4, 0.5) is 8.78 Å². The quantitative estimate of drug-likeness (QED) is 0.191. The molecular weight excluding hydrogens is 575 g/mol. The Hall–Kier alpha value is -4.68. The molecule has 6 aromatic rings. The predicted molar refractivity (Wildman–Crippen MR) is 146 cm³/mol. The maximum Gasteiger partial charge on any atom is 0.217 e. The molecule has 14 heteroatoms. The van der Waals surface area contributed by atoms with Gasteiger partial charge in [0.2, 0.25) is 5.69 Å². The fraction of sp³-hybridized carbons (Fsp3) is 0.111. The Morgan fingerprint density at radius 2 is 1.76 bits per heavy atom. The van der Waals surface area contributed by atoms with Crippen molar-refractivity contribution < 1.29 is 13.5 Å². The predicted octanol–water partition coefficient (Wildman–Crippen LogP) is 4.98. The highest BCUT2D eigenvalue weighted by molar-refractivity contribution is 6.31. The molecule has 4 heterocycles. The fourth-order valence-corrected chi connectivity index (χ4v) is 4.92. The Labute approximate surface area is 241 Å². The molecule has 0 spiro atoms. The second-order valence-electron chi connectivity index (χ2n) is 9.21. The van der Waals surface area contributed by atoms with Gasteiger partial charge >= 0.3 is 0 Å². The first-order valence-electron chi connectivity index (χ1n) is 12.2. The van der Waals surface area contributed by atoms with Gasteiger partial charge in [-0.25, -0.2) is 18.1 Å². The van der Waals surface area contributed by atoms with Gasteiger partial charge in [-0.05, 0) is 35.9 Å². The van der Waals surface area contributed by atoms with Crippen LogP contribution in [0.1, 0.15) is 17.3 Å². The van der Waals surface area contributed by atoms with Gasteiger partial charge in [-0.15, -0.1) is 10.2 Å². The standard InChI is InChI=1S/C27H19Cl2F2N9O/c1-37-24(12-32-35-37)18-11-33-38(13-18)23(10-16-2-5-19(30)6-3-16)21-8-4-17(14-40(21)41)26-22(9-7-20(28)27(26)31)39-15-25(29)34-36-39/h2-9,11-15,23H,10H2,1H3. The van der Waals surface area contributed by atoms with E-state index in [1.165, 1.54) is 35.3 Å². The first-order valence-corrected chi connectivity index (χ1v) is 13.0. The van der Waals surface area contributed by atoms with Crippen molar-refractivity contribution in [2.24, 2.45) is 7.05 Å². The molecule has 6 rings (SSSR count). The number of rotatable bonds is 7. The van der Waals surface area contributed by atoms with E-state index in [9.17, 15) is 9.60 Å². The fourth-order valence-electron chi connectivity index (χ4n) is 4.63. The molecule has 0 bridgehead atoms. The van der Waals surface area contributed by atoms with E-state index < -0.39 is 11.9 Å². The van der Waals surface area contributed by atoms with Crippen molar-refractivity contribution in [3.63, 3.8) is 0 Å². The highest BCUT2D eigenvalue weighted by Crippen LogP contribution is 2.34. The van der Waals surface area contributed by atoms with Crippen molar-refractivity contribution in [2.75, 3.05) is 0 Å². The van der Waals surface area contributed by atoms with Crippen molar-refractivity contribution in [1.29, 1.82) is 0 Å². The molecule has 10 nitrogen and oxygen atoms in total. The number of benzene rings is 2. The third kappa shape index (κ3) is 5.14. The number of pyridine rings is 1. The average molecular weight is 594 g/mol. The van der Waals surface area contributed by atoms with E-state index in [4.69, 9.17) is 23.2 Å². The Kier molecular flexibility index (Phi) is 6.93. The van der Waals surface area contributed by atoms with Crippen molar-refractivity contribution in [1.82, 2.24) is 39.8 Å². The lowest BCUT2D eigenvalue weighted by molar-refractivity contribution is -0.615. The van der Waals surface area contributed by atoms with E-state index in [2.05, 4.69) is 25.7 Å². The first-order chi connectivity index (χ1) is 19.8. The van der Waals surface area contributed by atoms with Gasteiger partial charge in [0, 0.05) is 31.3 Å². The second-order valence-corrected chi connectivity index (χ2v) is 10.0. The summed E-state index contributed by atoms with van der Waals surface area (Å²) < 4.78 is 34.2. The second kappa shape index (κ2) is 10.7. The molecule has 206 valence electrons. The molecule has 2 aromatic carbocycles. The minimum atomic E-state index is -0.729. The number of hydrogen-bond acceptors (Lipinski definition) is 6. The Balaban J connectivity index is 1.44. The number of aromatic nitrogens is 9. The minimum Gasteiger partial charge on any atom is -0.618 e. The van der Waals surface area contributed by atoms with Crippen LogP contribution >= 0.6 is 23.2 Å². The van der Waals surface area contributed by atoms with Gasteiger partial charge in [-0.3, -0.25) is 4.68 Å². The maximum absolute atomic E-state index is 15.4. The first kappa shape index (κ1) is 26.5. The molecule has 1 atom stereocenters. The van der Waals surface area contributed by atoms with Crippen LogP contribution in [0, 0.1) is 16.8 Å². The number of nitrogens with zero attached hydrogens (tertiary/aromatic N) is 9. The van der Waals surface area contributed by atoms with E-state index in [0.29, 0.717) is 22.5 Å².